The third-order valence-electron chi connectivity index (χ3n) is 2.66. The van der Waals surface area contributed by atoms with Gasteiger partial charge in [0.15, 0.2) is 0 Å². The zero-order valence-electron chi connectivity index (χ0n) is 8.84. The summed E-state index contributed by atoms with van der Waals surface area (Å²) < 4.78 is 4.60. The summed E-state index contributed by atoms with van der Waals surface area (Å²) in [5.74, 6) is 0.525. The Balaban J connectivity index is 2.21. The first-order chi connectivity index (χ1) is 6.72. The quantitative estimate of drug-likeness (QED) is 0.548. The van der Waals surface area contributed by atoms with E-state index in [4.69, 9.17) is 0 Å². The third-order valence-corrected chi connectivity index (χ3v) is 2.66. The van der Waals surface area contributed by atoms with Gasteiger partial charge in [-0.3, -0.25) is 4.79 Å². The molecule has 1 rings (SSSR count). The number of rotatable bonds is 4. The van der Waals surface area contributed by atoms with Crippen LogP contribution in [0.5, 0.6) is 0 Å². The number of esters is 1. The maximum Gasteiger partial charge on any atom is 0.309 e. The SMILES string of the molecule is C=C(CC(=O)OC)CC1CCNCC1. The number of carbonyl (C=O) groups excluding carboxylic acids is 1. The summed E-state index contributed by atoms with van der Waals surface area (Å²) in [6.07, 6.45) is 3.73. The largest absolute Gasteiger partial charge is 0.469 e. The Morgan fingerprint density at radius 1 is 1.50 bits per heavy atom. The van der Waals surface area contributed by atoms with Crippen molar-refractivity contribution < 1.29 is 9.53 Å². The van der Waals surface area contributed by atoms with Crippen LogP contribution in [0.1, 0.15) is 25.7 Å². The molecule has 1 heterocycles. The molecule has 0 aromatic carbocycles. The van der Waals surface area contributed by atoms with Gasteiger partial charge in [0.25, 0.3) is 0 Å². The van der Waals surface area contributed by atoms with Crippen LogP contribution in [-0.4, -0.2) is 26.2 Å². The molecule has 14 heavy (non-hydrogen) atoms. The minimum atomic E-state index is -0.177. The van der Waals surface area contributed by atoms with E-state index in [2.05, 4.69) is 16.6 Å². The molecule has 1 aliphatic rings. The summed E-state index contributed by atoms with van der Waals surface area (Å²) in [6.45, 7) is 6.10. The molecule has 0 bridgehead atoms. The van der Waals surface area contributed by atoms with E-state index in [0.29, 0.717) is 12.3 Å². The lowest BCUT2D eigenvalue weighted by Crippen LogP contribution is -2.28. The minimum Gasteiger partial charge on any atom is -0.469 e. The van der Waals surface area contributed by atoms with Crippen molar-refractivity contribution >= 4 is 5.97 Å². The Kier molecular flexibility index (Phi) is 4.66. The highest BCUT2D eigenvalue weighted by molar-refractivity contribution is 5.72. The van der Waals surface area contributed by atoms with Gasteiger partial charge in [-0.15, -0.1) is 0 Å². The first kappa shape index (κ1) is 11.2. The topological polar surface area (TPSA) is 38.3 Å². The average molecular weight is 197 g/mol. The molecule has 0 aliphatic carbocycles. The lowest BCUT2D eigenvalue weighted by atomic mass is 9.90. The van der Waals surface area contributed by atoms with E-state index in [1.807, 2.05) is 0 Å². The Labute approximate surface area is 85.5 Å². The second-order valence-corrected chi connectivity index (χ2v) is 3.90. The molecule has 0 saturated carbocycles. The lowest BCUT2D eigenvalue weighted by molar-refractivity contribution is -0.139. The zero-order valence-corrected chi connectivity index (χ0v) is 8.84. The van der Waals surface area contributed by atoms with Crippen molar-refractivity contribution in [2.75, 3.05) is 20.2 Å². The van der Waals surface area contributed by atoms with Crippen molar-refractivity contribution in [3.8, 4) is 0 Å². The standard InChI is InChI=1S/C11H19NO2/c1-9(8-11(13)14-2)7-10-3-5-12-6-4-10/h10,12H,1,3-8H2,2H3. The highest BCUT2D eigenvalue weighted by atomic mass is 16.5. The van der Waals surface area contributed by atoms with Crippen molar-refractivity contribution in [2.45, 2.75) is 25.7 Å². The van der Waals surface area contributed by atoms with Crippen molar-refractivity contribution in [1.82, 2.24) is 5.32 Å². The lowest BCUT2D eigenvalue weighted by Gasteiger charge is -2.23. The molecule has 0 amide bonds. The van der Waals surface area contributed by atoms with Crippen LogP contribution in [0.15, 0.2) is 12.2 Å². The molecule has 0 atom stereocenters. The van der Waals surface area contributed by atoms with Gasteiger partial charge in [0, 0.05) is 0 Å². The molecule has 1 N–H and O–H groups in total. The maximum absolute atomic E-state index is 11.0. The van der Waals surface area contributed by atoms with E-state index in [-0.39, 0.29) is 5.97 Å². The van der Waals surface area contributed by atoms with E-state index in [0.717, 1.165) is 25.1 Å². The van der Waals surface area contributed by atoms with Crippen LogP contribution in [0.2, 0.25) is 0 Å². The molecule has 80 valence electrons. The molecule has 0 unspecified atom stereocenters. The number of methoxy groups -OCH3 is 1. The third kappa shape index (κ3) is 3.92. The number of hydrogen-bond donors (Lipinski definition) is 1. The average Bonchev–Trinajstić information content (AvgIpc) is 2.19. The van der Waals surface area contributed by atoms with E-state index in [1.54, 1.807) is 0 Å². The first-order valence-electron chi connectivity index (χ1n) is 5.16. The van der Waals surface area contributed by atoms with Crippen LogP contribution in [0.25, 0.3) is 0 Å². The molecule has 1 saturated heterocycles. The highest BCUT2D eigenvalue weighted by Gasteiger charge is 2.15. The molecule has 0 aromatic rings. The summed E-state index contributed by atoms with van der Waals surface area (Å²) in [5.41, 5.74) is 1.00. The Morgan fingerprint density at radius 3 is 2.71 bits per heavy atom. The molecule has 1 fully saturated rings. The summed E-state index contributed by atoms with van der Waals surface area (Å²) in [4.78, 5) is 11.0. The number of nitrogens with one attached hydrogen (secondary N) is 1. The van der Waals surface area contributed by atoms with E-state index >= 15 is 0 Å². The van der Waals surface area contributed by atoms with Gasteiger partial charge >= 0.3 is 5.97 Å². The fraction of sp³-hybridized carbons (Fsp3) is 0.727. The van der Waals surface area contributed by atoms with Gasteiger partial charge in [0.05, 0.1) is 13.5 Å². The molecular formula is C11H19NO2. The van der Waals surface area contributed by atoms with Crippen molar-refractivity contribution in [3.05, 3.63) is 12.2 Å². The van der Waals surface area contributed by atoms with Crippen LogP contribution in [-0.2, 0) is 9.53 Å². The second kappa shape index (κ2) is 5.81. The molecule has 1 aliphatic heterocycles. The fourth-order valence-electron chi connectivity index (χ4n) is 1.84. The maximum atomic E-state index is 11.0. The summed E-state index contributed by atoms with van der Waals surface area (Å²) in [7, 11) is 1.42. The predicted octanol–water partition coefficient (Wildman–Crippen LogP) is 1.50. The van der Waals surface area contributed by atoms with Crippen molar-refractivity contribution in [1.29, 1.82) is 0 Å². The van der Waals surface area contributed by atoms with Crippen molar-refractivity contribution in [3.63, 3.8) is 0 Å². The van der Waals surface area contributed by atoms with Gasteiger partial charge in [-0.25, -0.2) is 0 Å². The molecule has 0 spiro atoms. The van der Waals surface area contributed by atoms with E-state index in [9.17, 15) is 4.79 Å². The molecule has 3 heteroatoms. The normalized spacial score (nSPS) is 17.8. The smallest absolute Gasteiger partial charge is 0.309 e. The first-order valence-corrected chi connectivity index (χ1v) is 5.16. The minimum absolute atomic E-state index is 0.177. The molecule has 0 aromatic heterocycles. The predicted molar refractivity (Wildman–Crippen MR) is 56.0 cm³/mol. The van der Waals surface area contributed by atoms with Crippen LogP contribution in [0.4, 0.5) is 0 Å². The number of hydrogen-bond acceptors (Lipinski definition) is 3. The second-order valence-electron chi connectivity index (χ2n) is 3.90. The van der Waals surface area contributed by atoms with E-state index in [1.165, 1.54) is 20.0 Å². The fourth-order valence-corrected chi connectivity index (χ4v) is 1.84. The summed E-state index contributed by atoms with van der Waals surface area (Å²) in [5, 5.41) is 3.32. The van der Waals surface area contributed by atoms with Gasteiger partial charge < -0.3 is 10.1 Å². The van der Waals surface area contributed by atoms with Gasteiger partial charge in [-0.2, -0.15) is 0 Å². The Bertz CT molecular complexity index is 207. The zero-order chi connectivity index (χ0) is 10.4. The van der Waals surface area contributed by atoms with Gasteiger partial charge in [0.2, 0.25) is 0 Å². The Hall–Kier alpha value is -0.830. The van der Waals surface area contributed by atoms with Gasteiger partial charge in [-0.1, -0.05) is 12.2 Å². The highest BCUT2D eigenvalue weighted by Crippen LogP contribution is 2.21. The van der Waals surface area contributed by atoms with Crippen LogP contribution < -0.4 is 5.32 Å². The number of piperidine rings is 1. The summed E-state index contributed by atoms with van der Waals surface area (Å²) >= 11 is 0. The van der Waals surface area contributed by atoms with Crippen LogP contribution in [0, 0.1) is 5.92 Å². The molecule has 0 radical (unpaired) electrons. The van der Waals surface area contributed by atoms with Crippen LogP contribution in [0.3, 0.4) is 0 Å². The van der Waals surface area contributed by atoms with Crippen LogP contribution >= 0.6 is 0 Å². The number of ether oxygens (including phenoxy) is 1. The Morgan fingerprint density at radius 2 is 2.14 bits per heavy atom. The molecular weight excluding hydrogens is 178 g/mol. The number of carbonyl (C=O) groups is 1. The van der Waals surface area contributed by atoms with Crippen molar-refractivity contribution in [2.24, 2.45) is 5.92 Å². The molecule has 3 nitrogen and oxygen atoms in total. The monoisotopic (exact) mass is 197 g/mol. The van der Waals surface area contributed by atoms with Gasteiger partial charge in [-0.05, 0) is 38.3 Å². The summed E-state index contributed by atoms with van der Waals surface area (Å²) in [6, 6.07) is 0. The van der Waals surface area contributed by atoms with Gasteiger partial charge in [0.1, 0.15) is 0 Å². The van der Waals surface area contributed by atoms with E-state index < -0.39 is 0 Å².